The van der Waals surface area contributed by atoms with Gasteiger partial charge in [-0.05, 0) is 42.4 Å². The van der Waals surface area contributed by atoms with E-state index < -0.39 is 22.0 Å². The second-order valence-corrected chi connectivity index (χ2v) is 7.46. The van der Waals surface area contributed by atoms with Crippen molar-refractivity contribution in [2.24, 2.45) is 0 Å². The van der Waals surface area contributed by atoms with Crippen LogP contribution in [0.15, 0.2) is 45.7 Å². The fourth-order valence-electron chi connectivity index (χ4n) is 2.74. The Morgan fingerprint density at radius 1 is 1.26 bits per heavy atom. The fraction of sp³-hybridized carbons (Fsp3) is 0.250. The van der Waals surface area contributed by atoms with Gasteiger partial charge in [0.1, 0.15) is 18.1 Å². The molecular weight excluding hydrogens is 426 g/mol. The highest BCUT2D eigenvalue weighted by Crippen LogP contribution is 2.33. The molecule has 3 amide bonds. The first kappa shape index (κ1) is 22.2. The van der Waals surface area contributed by atoms with Crippen LogP contribution in [0.4, 0.5) is 10.5 Å². The van der Waals surface area contributed by atoms with Gasteiger partial charge in [-0.15, -0.1) is 0 Å². The highest BCUT2D eigenvalue weighted by molar-refractivity contribution is 8.18. The van der Waals surface area contributed by atoms with Crippen LogP contribution in [0.5, 0.6) is 0 Å². The Morgan fingerprint density at radius 2 is 2.00 bits per heavy atom. The summed E-state index contributed by atoms with van der Waals surface area (Å²) in [6.07, 6.45) is 2.05. The molecule has 0 spiro atoms. The molecular formula is C20H19N3O7S. The highest BCUT2D eigenvalue weighted by atomic mass is 32.2. The van der Waals surface area contributed by atoms with Crippen molar-refractivity contribution in [3.63, 3.8) is 0 Å². The monoisotopic (exact) mass is 445 g/mol. The molecule has 162 valence electrons. The smallest absolute Gasteiger partial charge is 0.294 e. The van der Waals surface area contributed by atoms with Gasteiger partial charge in [-0.2, -0.15) is 0 Å². The molecule has 1 fully saturated rings. The molecule has 3 rings (SSSR count). The van der Waals surface area contributed by atoms with E-state index in [0.717, 1.165) is 16.7 Å². The van der Waals surface area contributed by atoms with E-state index in [2.05, 4.69) is 5.32 Å². The number of methoxy groups -OCH3 is 1. The summed E-state index contributed by atoms with van der Waals surface area (Å²) in [6.45, 7) is 0.521. The number of nitro benzene ring substituents is 1. The third kappa shape index (κ3) is 5.58. The van der Waals surface area contributed by atoms with Crippen molar-refractivity contribution in [2.45, 2.75) is 6.42 Å². The van der Waals surface area contributed by atoms with E-state index in [1.165, 1.54) is 18.2 Å². The molecule has 1 aliphatic heterocycles. The number of thioether (sulfide) groups is 1. The molecule has 1 aromatic heterocycles. The topological polar surface area (TPSA) is 132 Å². The molecule has 0 radical (unpaired) electrons. The van der Waals surface area contributed by atoms with Crippen LogP contribution < -0.4 is 5.32 Å². The maximum atomic E-state index is 12.5. The Bertz CT molecular complexity index is 1030. The lowest BCUT2D eigenvalue weighted by molar-refractivity contribution is -0.384. The summed E-state index contributed by atoms with van der Waals surface area (Å²) in [6, 6.07) is 9.12. The minimum Gasteiger partial charge on any atom is -0.457 e. The van der Waals surface area contributed by atoms with Crippen molar-refractivity contribution in [3.05, 3.63) is 57.2 Å². The van der Waals surface area contributed by atoms with Crippen molar-refractivity contribution < 1.29 is 28.5 Å². The van der Waals surface area contributed by atoms with E-state index in [9.17, 15) is 24.5 Å². The van der Waals surface area contributed by atoms with E-state index in [-0.39, 0.29) is 17.1 Å². The maximum absolute atomic E-state index is 12.5. The molecule has 11 heteroatoms. The highest BCUT2D eigenvalue weighted by Gasteiger charge is 2.36. The summed E-state index contributed by atoms with van der Waals surface area (Å²) < 4.78 is 10.6. The summed E-state index contributed by atoms with van der Waals surface area (Å²) in [7, 11) is 1.56. The van der Waals surface area contributed by atoms with E-state index in [1.54, 1.807) is 31.4 Å². The summed E-state index contributed by atoms with van der Waals surface area (Å²) in [4.78, 5) is 47.9. The second kappa shape index (κ2) is 10.0. The van der Waals surface area contributed by atoms with Gasteiger partial charge >= 0.3 is 0 Å². The number of hydrogen-bond donors (Lipinski definition) is 1. The van der Waals surface area contributed by atoms with Crippen molar-refractivity contribution >= 4 is 40.6 Å². The second-order valence-electron chi connectivity index (χ2n) is 6.47. The number of nitrogens with zero attached hydrogens (tertiary/aromatic N) is 2. The number of amides is 3. The summed E-state index contributed by atoms with van der Waals surface area (Å²) in [5.41, 5.74) is 0.593. The van der Waals surface area contributed by atoms with Gasteiger partial charge < -0.3 is 14.5 Å². The molecule has 0 bridgehead atoms. The predicted molar refractivity (Wildman–Crippen MR) is 113 cm³/mol. The minimum absolute atomic E-state index is 0.0352. The molecule has 2 aromatic rings. The number of nitro groups is 1. The average molecular weight is 445 g/mol. The quantitative estimate of drug-likeness (QED) is 0.270. The lowest BCUT2D eigenvalue weighted by Crippen LogP contribution is -2.39. The van der Waals surface area contributed by atoms with Gasteiger partial charge in [0.2, 0.25) is 5.91 Å². The largest absolute Gasteiger partial charge is 0.457 e. The van der Waals surface area contributed by atoms with Crippen LogP contribution in [0.3, 0.4) is 0 Å². The van der Waals surface area contributed by atoms with Crippen LogP contribution in [0.2, 0.25) is 0 Å². The predicted octanol–water partition coefficient (Wildman–Crippen LogP) is 3.04. The zero-order valence-corrected chi connectivity index (χ0v) is 17.3. The van der Waals surface area contributed by atoms with E-state index in [0.29, 0.717) is 36.7 Å². The Hall–Kier alpha value is -3.44. The molecule has 2 heterocycles. The lowest BCUT2D eigenvalue weighted by Gasteiger charge is -2.12. The molecule has 0 atom stereocenters. The molecule has 1 saturated heterocycles. The first-order valence-corrected chi connectivity index (χ1v) is 10.1. The van der Waals surface area contributed by atoms with Crippen molar-refractivity contribution in [3.8, 4) is 11.3 Å². The number of imide groups is 1. The number of carbonyl (C=O) groups is 3. The molecule has 0 saturated carbocycles. The van der Waals surface area contributed by atoms with Crippen molar-refractivity contribution in [1.29, 1.82) is 0 Å². The Kier molecular flexibility index (Phi) is 7.21. The molecule has 1 N–H and O–H groups in total. The molecule has 1 aromatic carbocycles. The standard InChI is InChI=1S/C20H19N3O7S/c1-29-10-2-9-21-18(24)12-22-19(25)17(31-20(22)26)11-15-7-8-16(30-15)13-3-5-14(6-4-13)23(27)28/h3-8,11H,2,9-10,12H2,1H3,(H,21,24)/b17-11-. The normalized spacial score (nSPS) is 15.0. The molecule has 0 unspecified atom stereocenters. The van der Waals surface area contributed by atoms with Crippen LogP contribution in [0.1, 0.15) is 12.2 Å². The van der Waals surface area contributed by atoms with E-state index >= 15 is 0 Å². The Morgan fingerprint density at radius 3 is 2.68 bits per heavy atom. The Labute approximate surface area is 181 Å². The average Bonchev–Trinajstić information content (AvgIpc) is 3.32. The molecule has 1 aliphatic rings. The van der Waals surface area contributed by atoms with Gasteiger partial charge in [-0.25, -0.2) is 0 Å². The van der Waals surface area contributed by atoms with E-state index in [1.807, 2.05) is 0 Å². The SMILES string of the molecule is COCCCNC(=O)CN1C(=O)S/C(=C\c2ccc(-c3ccc([N+](=O)[O-])cc3)o2)C1=O. The summed E-state index contributed by atoms with van der Waals surface area (Å²) in [5.74, 6) is -0.216. The number of furan rings is 1. The van der Waals surface area contributed by atoms with Gasteiger partial charge in [0, 0.05) is 44.0 Å². The van der Waals surface area contributed by atoms with Crippen molar-refractivity contribution in [1.82, 2.24) is 10.2 Å². The van der Waals surface area contributed by atoms with Crippen LogP contribution in [0.25, 0.3) is 17.4 Å². The Balaban J connectivity index is 1.65. The number of non-ortho nitro benzene ring substituents is 1. The number of hydrogen-bond acceptors (Lipinski definition) is 8. The number of ether oxygens (including phenoxy) is 1. The van der Waals surface area contributed by atoms with Gasteiger partial charge in [0.05, 0.1) is 9.83 Å². The van der Waals surface area contributed by atoms with Crippen LogP contribution in [-0.2, 0) is 14.3 Å². The lowest BCUT2D eigenvalue weighted by atomic mass is 10.1. The van der Waals surface area contributed by atoms with Crippen LogP contribution in [-0.4, -0.2) is 53.7 Å². The van der Waals surface area contributed by atoms with Gasteiger partial charge in [-0.1, -0.05) is 0 Å². The van der Waals surface area contributed by atoms with Crippen LogP contribution >= 0.6 is 11.8 Å². The van der Waals surface area contributed by atoms with Gasteiger partial charge in [-0.3, -0.25) is 29.4 Å². The van der Waals surface area contributed by atoms with Gasteiger partial charge in [0.15, 0.2) is 0 Å². The zero-order valence-electron chi connectivity index (χ0n) is 16.5. The first-order chi connectivity index (χ1) is 14.9. The van der Waals surface area contributed by atoms with E-state index in [4.69, 9.17) is 9.15 Å². The molecule has 31 heavy (non-hydrogen) atoms. The number of rotatable bonds is 9. The number of benzene rings is 1. The fourth-order valence-corrected chi connectivity index (χ4v) is 3.56. The van der Waals surface area contributed by atoms with Crippen LogP contribution in [0, 0.1) is 10.1 Å². The van der Waals surface area contributed by atoms with Crippen molar-refractivity contribution in [2.75, 3.05) is 26.8 Å². The molecule has 10 nitrogen and oxygen atoms in total. The third-order valence-electron chi connectivity index (χ3n) is 4.29. The summed E-state index contributed by atoms with van der Waals surface area (Å²) >= 11 is 0.724. The molecule has 0 aliphatic carbocycles. The first-order valence-electron chi connectivity index (χ1n) is 9.24. The number of nitrogens with one attached hydrogen (secondary N) is 1. The summed E-state index contributed by atoms with van der Waals surface area (Å²) in [5, 5.41) is 12.8. The third-order valence-corrected chi connectivity index (χ3v) is 5.19. The maximum Gasteiger partial charge on any atom is 0.294 e. The number of carbonyl (C=O) groups excluding carboxylic acids is 3. The van der Waals surface area contributed by atoms with Gasteiger partial charge in [0.25, 0.3) is 16.8 Å². The minimum atomic E-state index is -0.574. The zero-order chi connectivity index (χ0) is 22.4.